The van der Waals surface area contributed by atoms with Crippen LogP contribution in [0.2, 0.25) is 0 Å². The molecule has 0 aliphatic carbocycles. The number of benzene rings is 3. The molecule has 1 saturated heterocycles. The lowest BCUT2D eigenvalue weighted by molar-refractivity contribution is -0.138. The van der Waals surface area contributed by atoms with Gasteiger partial charge in [-0.05, 0) is 47.5 Å². The molecule has 0 bridgehead atoms. The zero-order chi connectivity index (χ0) is 26.4. The summed E-state index contributed by atoms with van der Waals surface area (Å²) in [6.45, 7) is -0.814. The fourth-order valence-corrected chi connectivity index (χ4v) is 5.24. The maximum atomic E-state index is 13.2. The van der Waals surface area contributed by atoms with E-state index >= 15 is 0 Å². The Morgan fingerprint density at radius 1 is 1.03 bits per heavy atom. The lowest BCUT2D eigenvalue weighted by atomic mass is 9.92. The highest BCUT2D eigenvalue weighted by molar-refractivity contribution is 8.00. The number of para-hydroxylation sites is 1. The molecule has 2 unspecified atom stereocenters. The Morgan fingerprint density at radius 3 is 2.35 bits per heavy atom. The van der Waals surface area contributed by atoms with Gasteiger partial charge in [-0.15, -0.1) is 11.8 Å². The minimum absolute atomic E-state index is 0.0806. The van der Waals surface area contributed by atoms with Crippen molar-refractivity contribution in [3.05, 3.63) is 95.8 Å². The van der Waals surface area contributed by atoms with E-state index in [-0.39, 0.29) is 30.1 Å². The number of carbonyl (C=O) groups is 3. The summed E-state index contributed by atoms with van der Waals surface area (Å²) in [7, 11) is 0. The van der Waals surface area contributed by atoms with E-state index in [0.717, 1.165) is 11.3 Å². The van der Waals surface area contributed by atoms with Gasteiger partial charge in [0.05, 0.1) is 12.1 Å². The number of aliphatic hydroxyl groups excluding tert-OH is 1. The average Bonchev–Trinajstić information content (AvgIpc) is 2.90. The van der Waals surface area contributed by atoms with Gasteiger partial charge in [0.1, 0.15) is 23.4 Å². The highest BCUT2D eigenvalue weighted by Gasteiger charge is 2.49. The fourth-order valence-electron chi connectivity index (χ4n) is 3.94. The van der Waals surface area contributed by atoms with Crippen LogP contribution >= 0.6 is 11.8 Å². The van der Waals surface area contributed by atoms with Gasteiger partial charge in [0.2, 0.25) is 5.91 Å². The van der Waals surface area contributed by atoms with Crippen molar-refractivity contribution in [2.24, 2.45) is 0 Å². The van der Waals surface area contributed by atoms with Gasteiger partial charge >= 0.3 is 5.97 Å². The topological polar surface area (TPSA) is 116 Å². The largest absolute Gasteiger partial charge is 0.484 e. The van der Waals surface area contributed by atoms with Crippen LogP contribution in [0.4, 0.5) is 10.1 Å². The molecule has 1 heterocycles. The average molecular weight is 525 g/mol. The summed E-state index contributed by atoms with van der Waals surface area (Å²) in [5, 5.41) is 21.0. The molecule has 3 N–H and O–H groups in total. The Bertz CT molecular complexity index is 1240. The third-order valence-corrected chi connectivity index (χ3v) is 7.12. The van der Waals surface area contributed by atoms with Crippen LogP contribution in [0.1, 0.15) is 23.3 Å². The number of nitrogens with one attached hydrogen (secondary N) is 1. The zero-order valence-corrected chi connectivity index (χ0v) is 20.4. The number of aliphatic carboxylic acids is 1. The first-order valence-corrected chi connectivity index (χ1v) is 12.5. The third-order valence-electron chi connectivity index (χ3n) is 5.80. The number of carbonyl (C=O) groups excluding carboxylic acids is 2. The molecule has 0 spiro atoms. The minimum atomic E-state index is -1.15. The van der Waals surface area contributed by atoms with Gasteiger partial charge in [-0.2, -0.15) is 0 Å². The molecule has 192 valence electrons. The molecular weight excluding hydrogens is 499 g/mol. The second-order valence-electron chi connectivity index (χ2n) is 8.34. The molecule has 0 aromatic heterocycles. The SMILES string of the molecule is O=C(O)CNC(=O)COc1ccc([C@@H]2C(SCC(O)c3ccc(F)cc3)C(=O)N2c2ccccc2)cc1. The van der Waals surface area contributed by atoms with Crippen LogP contribution in [-0.4, -0.2) is 52.2 Å². The molecule has 8 nitrogen and oxygen atoms in total. The van der Waals surface area contributed by atoms with Crippen molar-refractivity contribution in [2.45, 2.75) is 17.4 Å². The molecule has 3 aromatic rings. The van der Waals surface area contributed by atoms with E-state index < -0.39 is 29.8 Å². The Hall–Kier alpha value is -3.89. The first kappa shape index (κ1) is 26.2. The Morgan fingerprint density at radius 2 is 1.70 bits per heavy atom. The van der Waals surface area contributed by atoms with Gasteiger partial charge in [-0.25, -0.2) is 4.39 Å². The van der Waals surface area contributed by atoms with Gasteiger partial charge in [0.15, 0.2) is 6.61 Å². The summed E-state index contributed by atoms with van der Waals surface area (Å²) < 4.78 is 18.6. The van der Waals surface area contributed by atoms with Gasteiger partial charge in [0, 0.05) is 11.4 Å². The summed E-state index contributed by atoms with van der Waals surface area (Å²) >= 11 is 1.34. The van der Waals surface area contributed by atoms with Crippen molar-refractivity contribution < 1.29 is 33.7 Å². The predicted octanol–water partition coefficient (Wildman–Crippen LogP) is 3.33. The van der Waals surface area contributed by atoms with Crippen molar-refractivity contribution in [1.82, 2.24) is 5.32 Å². The third kappa shape index (κ3) is 6.46. The number of anilines is 1. The van der Waals surface area contributed by atoms with E-state index in [2.05, 4.69) is 5.32 Å². The van der Waals surface area contributed by atoms with Crippen molar-refractivity contribution in [1.29, 1.82) is 0 Å². The van der Waals surface area contributed by atoms with E-state index in [0.29, 0.717) is 11.3 Å². The quantitative estimate of drug-likeness (QED) is 0.330. The Labute approximate surface area is 217 Å². The predicted molar refractivity (Wildman–Crippen MR) is 137 cm³/mol. The van der Waals surface area contributed by atoms with Crippen LogP contribution in [0.5, 0.6) is 5.75 Å². The summed E-state index contributed by atoms with van der Waals surface area (Å²) in [5.74, 6) is -1.49. The molecular formula is C27H25FN2O6S. The van der Waals surface area contributed by atoms with Crippen molar-refractivity contribution >= 4 is 35.2 Å². The number of ether oxygens (including phenoxy) is 1. The molecule has 2 amide bonds. The summed E-state index contributed by atoms with van der Waals surface area (Å²) in [4.78, 5) is 37.1. The summed E-state index contributed by atoms with van der Waals surface area (Å²) in [6, 6.07) is 21.6. The highest BCUT2D eigenvalue weighted by Crippen LogP contribution is 2.46. The molecule has 37 heavy (non-hydrogen) atoms. The van der Waals surface area contributed by atoms with E-state index in [1.807, 2.05) is 42.5 Å². The lowest BCUT2D eigenvalue weighted by Crippen LogP contribution is -2.57. The fraction of sp³-hybridized carbons (Fsp3) is 0.222. The smallest absolute Gasteiger partial charge is 0.322 e. The summed E-state index contributed by atoms with van der Waals surface area (Å²) in [5.41, 5.74) is 2.18. The number of hydrogen-bond donors (Lipinski definition) is 3. The number of thioether (sulfide) groups is 1. The van der Waals surface area contributed by atoms with E-state index in [4.69, 9.17) is 9.84 Å². The first-order valence-electron chi connectivity index (χ1n) is 11.5. The second-order valence-corrected chi connectivity index (χ2v) is 9.51. The first-order chi connectivity index (χ1) is 17.8. The maximum absolute atomic E-state index is 13.2. The Balaban J connectivity index is 1.45. The highest BCUT2D eigenvalue weighted by atomic mass is 32.2. The normalized spacial score (nSPS) is 17.6. The van der Waals surface area contributed by atoms with Crippen molar-refractivity contribution in [2.75, 3.05) is 23.8 Å². The van der Waals surface area contributed by atoms with E-state index in [1.54, 1.807) is 17.0 Å². The molecule has 0 radical (unpaired) electrons. The molecule has 1 fully saturated rings. The molecule has 1 aliphatic heterocycles. The standard InChI is InChI=1S/C27H25FN2O6S/c28-19-10-6-17(7-11-19)22(31)16-37-26-25(30(27(26)35)20-4-2-1-3-5-20)18-8-12-21(13-9-18)36-15-23(32)29-14-24(33)34/h1-13,22,25-26,31H,14-16H2,(H,29,32)(H,33,34)/t22?,25-,26?/m1/s1. The monoisotopic (exact) mass is 524 g/mol. The number of hydrogen-bond acceptors (Lipinski definition) is 6. The molecule has 1 aliphatic rings. The van der Waals surface area contributed by atoms with Gasteiger partial charge in [0.25, 0.3) is 5.91 Å². The number of aliphatic hydroxyl groups is 1. The van der Waals surface area contributed by atoms with Crippen molar-refractivity contribution in [3.8, 4) is 5.75 Å². The number of rotatable bonds is 11. The van der Waals surface area contributed by atoms with Crippen LogP contribution in [-0.2, 0) is 14.4 Å². The molecule has 10 heteroatoms. The summed E-state index contributed by atoms with van der Waals surface area (Å²) in [6.07, 6.45) is -0.854. The molecule has 3 aromatic carbocycles. The minimum Gasteiger partial charge on any atom is -0.484 e. The number of nitrogens with zero attached hydrogens (tertiary/aromatic N) is 1. The van der Waals surface area contributed by atoms with E-state index in [9.17, 15) is 23.9 Å². The molecule has 4 rings (SSSR count). The second kappa shape index (κ2) is 11.9. The Kier molecular flexibility index (Phi) is 8.42. The maximum Gasteiger partial charge on any atom is 0.322 e. The van der Waals surface area contributed by atoms with Crippen LogP contribution in [0.15, 0.2) is 78.9 Å². The van der Waals surface area contributed by atoms with Gasteiger partial charge < -0.3 is 25.2 Å². The van der Waals surface area contributed by atoms with Gasteiger partial charge in [-0.3, -0.25) is 14.4 Å². The molecule has 3 atom stereocenters. The van der Waals surface area contributed by atoms with Crippen LogP contribution in [0.3, 0.4) is 0 Å². The van der Waals surface area contributed by atoms with Crippen LogP contribution in [0, 0.1) is 5.82 Å². The lowest BCUT2D eigenvalue weighted by Gasteiger charge is -2.47. The number of carboxylic acid groups (broad SMARTS) is 1. The van der Waals surface area contributed by atoms with Gasteiger partial charge in [-0.1, -0.05) is 42.5 Å². The number of halogens is 1. The number of carboxylic acids is 1. The number of amides is 2. The number of β-lactam (4-membered cyclic amide) rings is 1. The van der Waals surface area contributed by atoms with Crippen LogP contribution < -0.4 is 15.0 Å². The van der Waals surface area contributed by atoms with Crippen molar-refractivity contribution in [3.63, 3.8) is 0 Å². The molecule has 0 saturated carbocycles. The van der Waals surface area contributed by atoms with Crippen LogP contribution in [0.25, 0.3) is 0 Å². The zero-order valence-electron chi connectivity index (χ0n) is 19.6. The van der Waals surface area contributed by atoms with E-state index in [1.165, 1.54) is 36.0 Å².